The molecule has 0 aromatic heterocycles. The van der Waals surface area contributed by atoms with Crippen molar-refractivity contribution in [2.45, 2.75) is 93.9 Å². The van der Waals surface area contributed by atoms with Gasteiger partial charge in [0, 0.05) is 80.3 Å². The predicted molar refractivity (Wildman–Crippen MR) is 224 cm³/mol. The van der Waals surface area contributed by atoms with E-state index >= 15 is 0 Å². The number of nitrogens with zero attached hydrogens (tertiary/aromatic N) is 1. The number of carboxylic acid groups (broad SMARTS) is 4. The van der Waals surface area contributed by atoms with Gasteiger partial charge in [-0.25, -0.2) is 43.1 Å². The lowest BCUT2D eigenvalue weighted by Crippen LogP contribution is -2.31. The van der Waals surface area contributed by atoms with E-state index in [9.17, 15) is 81.5 Å². The van der Waals surface area contributed by atoms with Crippen molar-refractivity contribution in [1.82, 2.24) is 5.06 Å². The lowest BCUT2D eigenvalue weighted by molar-refractivity contribution is -0.193. The number of esters is 4. The van der Waals surface area contributed by atoms with Crippen molar-refractivity contribution in [3.05, 3.63) is 58.2 Å². The van der Waals surface area contributed by atoms with Crippen molar-refractivity contribution in [2.75, 3.05) is 0 Å². The molecule has 1 fully saturated rings. The Bertz CT molecular complexity index is 2130. The van der Waals surface area contributed by atoms with Gasteiger partial charge in [0.15, 0.2) is 11.6 Å². The number of imide groups is 1. The number of nitrogens with one attached hydrogen (secondary N) is 1. The molecular weight excluding hydrogens is 937 g/mol. The normalized spacial score (nSPS) is 13.6. The zero-order valence-electron chi connectivity index (χ0n) is 36.1. The first kappa shape index (κ1) is 66.1. The fourth-order valence-corrected chi connectivity index (χ4v) is 4.23. The molecule has 27 heteroatoms. The summed E-state index contributed by atoms with van der Waals surface area (Å²) in [5.74, 6) is -12.5. The van der Waals surface area contributed by atoms with Gasteiger partial charge in [-0.05, 0) is 53.7 Å². The summed E-state index contributed by atoms with van der Waals surface area (Å²) in [5.41, 5.74) is -0.758. The molecule has 370 valence electrons. The molecule has 0 bridgehead atoms. The van der Waals surface area contributed by atoms with Crippen LogP contribution in [0.1, 0.15) is 93.9 Å². The Morgan fingerprint density at radius 1 is 0.559 bits per heavy atom. The molecule has 0 spiro atoms. The van der Waals surface area contributed by atoms with E-state index in [2.05, 4.69) is 26.7 Å². The molecule has 0 saturated carbocycles. The molecule has 0 unspecified atom stereocenters. The number of hydroxylamine groups is 2. The smallest absolute Gasteiger partial charge is 0.357 e. The van der Waals surface area contributed by atoms with Gasteiger partial charge in [-0.2, -0.15) is 0 Å². The Balaban J connectivity index is -0.000000378. The monoisotopic (exact) mass is 982 g/mol. The Morgan fingerprint density at radius 2 is 0.868 bits per heavy atom. The highest BCUT2D eigenvalue weighted by Gasteiger charge is 2.33. The quantitative estimate of drug-likeness (QED) is 0.0589. The second-order valence-electron chi connectivity index (χ2n) is 13.0. The average molecular weight is 983 g/mol. The molecule has 0 radical (unpaired) electrons. The lowest BCUT2D eigenvalue weighted by atomic mass is 10.1. The van der Waals surface area contributed by atoms with Crippen LogP contribution in [0, 0.1) is 4.78 Å². The molecule has 68 heavy (non-hydrogen) atoms. The number of rotatable bonds is 17. The zero-order valence-corrected chi connectivity index (χ0v) is 37.0. The highest BCUT2D eigenvalue weighted by atomic mass is 32.1. The fraction of sp³-hybridized carbons (Fsp3) is 0.341. The SMILES string of the molecule is C.CC(=O)/C=C(/CC(C)=O)C(=O)O.CC(=O)/C=C(/CC(C)=O)C(=O)O.CC(=O)C/C(=C/C(=O)ON1C(=O)CCC1=O)C(=O)O.CC(=O)CC1=CC(=O)OC1=O.N=S.O=C(O)CC1=CC(=O)OC1=O. The number of allylic oxidation sites excluding steroid dienone is 2. The number of hydrogen-bond donors (Lipinski definition) is 5. The predicted octanol–water partition coefficient (Wildman–Crippen LogP) is 1.09. The molecule has 1 saturated heterocycles. The van der Waals surface area contributed by atoms with E-state index in [4.69, 9.17) is 25.2 Å². The summed E-state index contributed by atoms with van der Waals surface area (Å²) in [6.45, 7) is 7.53. The van der Waals surface area contributed by atoms with Crippen LogP contribution < -0.4 is 0 Å². The Labute approximate surface area is 390 Å². The summed E-state index contributed by atoms with van der Waals surface area (Å²) in [6, 6.07) is 0. The summed E-state index contributed by atoms with van der Waals surface area (Å²) < 4.78 is 13.5. The molecular formula is C41H46N2O24S. The first-order valence-corrected chi connectivity index (χ1v) is 18.5. The van der Waals surface area contributed by atoms with Crippen molar-refractivity contribution in [3.63, 3.8) is 0 Å². The minimum atomic E-state index is -1.45. The second-order valence-corrected chi connectivity index (χ2v) is 13.0. The second kappa shape index (κ2) is 33.9. The molecule has 26 nitrogen and oxygen atoms in total. The van der Waals surface area contributed by atoms with Crippen molar-refractivity contribution in [3.8, 4) is 0 Å². The number of carboxylic acids is 4. The number of Topliss-reactive ketones (excluding diaryl/α,β-unsaturated/α-hetero) is 4. The van der Waals surface area contributed by atoms with Gasteiger partial charge in [0.05, 0.1) is 23.1 Å². The summed E-state index contributed by atoms with van der Waals surface area (Å²) in [5, 5.41) is 34.3. The average Bonchev–Trinajstić information content (AvgIpc) is 3.79. The molecule has 3 aliphatic rings. The minimum absolute atomic E-state index is 0. The molecule has 3 aliphatic heterocycles. The van der Waals surface area contributed by atoms with Crippen LogP contribution in [0.15, 0.2) is 58.2 Å². The van der Waals surface area contributed by atoms with Crippen LogP contribution in [-0.2, 0) is 108 Å². The van der Waals surface area contributed by atoms with E-state index < -0.39 is 89.7 Å². The number of ketones is 6. The number of hydrogen-bond acceptors (Lipinski definition) is 22. The molecule has 3 heterocycles. The summed E-state index contributed by atoms with van der Waals surface area (Å²) >= 11 is 3.33. The molecule has 2 amide bonds. The Kier molecular flexibility index (Phi) is 33.0. The third-order valence-corrected chi connectivity index (χ3v) is 6.65. The summed E-state index contributed by atoms with van der Waals surface area (Å²) in [4.78, 5) is 185. The molecule has 5 N–H and O–H groups in total. The van der Waals surface area contributed by atoms with E-state index in [0.29, 0.717) is 11.1 Å². The van der Waals surface area contributed by atoms with Crippen LogP contribution in [0.3, 0.4) is 0 Å². The number of carbonyl (C=O) groups is 17. The van der Waals surface area contributed by atoms with Crippen LogP contribution in [0.2, 0.25) is 0 Å². The maximum atomic E-state index is 11.4. The van der Waals surface area contributed by atoms with E-state index in [0.717, 1.165) is 31.2 Å². The van der Waals surface area contributed by atoms with Crippen LogP contribution in [0.5, 0.6) is 0 Å². The van der Waals surface area contributed by atoms with Gasteiger partial charge < -0.3 is 34.7 Å². The van der Waals surface area contributed by atoms with Crippen molar-refractivity contribution >= 4 is 113 Å². The van der Waals surface area contributed by atoms with Crippen LogP contribution in [0.25, 0.3) is 0 Å². The van der Waals surface area contributed by atoms with Crippen molar-refractivity contribution in [2.24, 2.45) is 0 Å². The van der Waals surface area contributed by atoms with Gasteiger partial charge in [-0.15, -0.1) is 5.06 Å². The topological polar surface area (TPSA) is 426 Å². The lowest BCUT2D eigenvalue weighted by Gasteiger charge is -2.11. The molecule has 3 rings (SSSR count). The van der Waals surface area contributed by atoms with Crippen molar-refractivity contribution in [1.29, 1.82) is 4.78 Å². The van der Waals surface area contributed by atoms with E-state index in [-0.39, 0.29) is 90.7 Å². The third-order valence-electron chi connectivity index (χ3n) is 6.65. The largest absolute Gasteiger partial charge is 0.481 e. The summed E-state index contributed by atoms with van der Waals surface area (Å²) in [7, 11) is 0. The third kappa shape index (κ3) is 31.4. The first-order chi connectivity index (χ1) is 30.9. The van der Waals surface area contributed by atoms with E-state index in [1.807, 2.05) is 0 Å². The maximum absolute atomic E-state index is 11.4. The highest BCUT2D eigenvalue weighted by Crippen LogP contribution is 2.14. The van der Waals surface area contributed by atoms with E-state index in [1.54, 1.807) is 0 Å². The van der Waals surface area contributed by atoms with Crippen LogP contribution >= 0.6 is 0 Å². The molecule has 0 aromatic carbocycles. The number of cyclic esters (lactones) is 4. The molecule has 0 aromatic rings. The van der Waals surface area contributed by atoms with Crippen molar-refractivity contribution < 1.29 is 116 Å². The summed E-state index contributed by atoms with van der Waals surface area (Å²) in [6.07, 6.45) is 2.96. The maximum Gasteiger partial charge on any atom is 0.357 e. The highest BCUT2D eigenvalue weighted by molar-refractivity contribution is 7.45. The number of carbonyl (C=O) groups excluding carboxylic acids is 13. The first-order valence-electron chi connectivity index (χ1n) is 18.1. The Morgan fingerprint density at radius 3 is 1.10 bits per heavy atom. The Hall–Kier alpha value is -8.49. The molecule has 0 atom stereocenters. The zero-order chi connectivity index (χ0) is 52.9. The molecule has 0 aliphatic carbocycles. The fourth-order valence-electron chi connectivity index (χ4n) is 4.23. The van der Waals surface area contributed by atoms with Gasteiger partial charge in [-0.1, -0.05) is 7.43 Å². The van der Waals surface area contributed by atoms with Gasteiger partial charge in [0.1, 0.15) is 23.1 Å². The minimum Gasteiger partial charge on any atom is -0.481 e. The van der Waals surface area contributed by atoms with Crippen LogP contribution in [-0.4, -0.2) is 126 Å². The standard InChI is InChI=1S/C11H11NO7.2C8H10O4.C7H6O4.C6H4O5.CH4.HNS/c1-6(13)4-7(11(17)18)5-10(16)19-12-8(14)2-3-9(12)15;2*1-5(9)3-7(8(11)12)4-6(2)10;1-4(8)2-5-3-6(9)11-7(5)10;7-4(8)1-3-2-5(9)11-6(3)10;;1-2/h5H,2-4H2,1H3,(H,17,18);2*3H,4H2,1-2H3,(H,11,12);3H,2H2,1H3;2H,1H2,(H,7,8);1H4;1H/b7-5-;2*7-3-;;;;. The van der Waals surface area contributed by atoms with Gasteiger partial charge in [0.25, 0.3) is 11.8 Å². The number of aliphatic carboxylic acids is 4. The van der Waals surface area contributed by atoms with Gasteiger partial charge in [-0.3, -0.25) is 43.2 Å². The van der Waals surface area contributed by atoms with E-state index in [1.165, 1.54) is 34.6 Å². The van der Waals surface area contributed by atoms with Gasteiger partial charge >= 0.3 is 53.7 Å². The van der Waals surface area contributed by atoms with Crippen LogP contribution in [0.4, 0.5) is 0 Å². The number of ether oxygens (including phenoxy) is 2. The van der Waals surface area contributed by atoms with Gasteiger partial charge in [0.2, 0.25) is 0 Å². The number of amides is 2.